The van der Waals surface area contributed by atoms with Gasteiger partial charge in [-0.1, -0.05) is 25.3 Å². The summed E-state index contributed by atoms with van der Waals surface area (Å²) < 4.78 is 84.8. The molecule has 0 atom stereocenters. The standard InChI is InChI=1S/C21H19F5O3/c22-16-6-5-15(9-17(16)23)21(25,26)29-19-7-4-13(8-18(19)24)20-27-10-14(11-28-20)12-2-1-3-12/h4-9,12,14,20H,1-3,10-11H2. The Morgan fingerprint density at radius 3 is 2.14 bits per heavy atom. The van der Waals surface area contributed by atoms with Crippen molar-refractivity contribution in [1.82, 2.24) is 0 Å². The van der Waals surface area contributed by atoms with Gasteiger partial charge in [0.25, 0.3) is 0 Å². The summed E-state index contributed by atoms with van der Waals surface area (Å²) in [6.07, 6.45) is -1.29. The first-order valence-electron chi connectivity index (χ1n) is 9.38. The predicted octanol–water partition coefficient (Wildman–Crippen LogP) is 5.69. The van der Waals surface area contributed by atoms with Crippen molar-refractivity contribution in [3.63, 3.8) is 0 Å². The Morgan fingerprint density at radius 1 is 0.828 bits per heavy atom. The predicted molar refractivity (Wildman–Crippen MR) is 92.8 cm³/mol. The smallest absolute Gasteiger partial charge is 0.426 e. The zero-order valence-corrected chi connectivity index (χ0v) is 15.3. The molecule has 0 bridgehead atoms. The van der Waals surface area contributed by atoms with Crippen LogP contribution >= 0.6 is 0 Å². The Morgan fingerprint density at radius 2 is 1.55 bits per heavy atom. The monoisotopic (exact) mass is 414 g/mol. The first-order valence-corrected chi connectivity index (χ1v) is 9.38. The number of benzene rings is 2. The van der Waals surface area contributed by atoms with Gasteiger partial charge in [0.15, 0.2) is 29.5 Å². The molecule has 29 heavy (non-hydrogen) atoms. The molecule has 156 valence electrons. The van der Waals surface area contributed by atoms with Gasteiger partial charge in [0.05, 0.1) is 18.8 Å². The molecule has 0 unspecified atom stereocenters. The van der Waals surface area contributed by atoms with Gasteiger partial charge in [-0.25, -0.2) is 13.2 Å². The Kier molecular flexibility index (Phi) is 5.48. The number of hydrogen-bond donors (Lipinski definition) is 0. The van der Waals surface area contributed by atoms with Crippen LogP contribution in [0.3, 0.4) is 0 Å². The average molecular weight is 414 g/mol. The lowest BCUT2D eigenvalue weighted by atomic mass is 9.76. The van der Waals surface area contributed by atoms with Gasteiger partial charge >= 0.3 is 6.11 Å². The molecule has 0 spiro atoms. The highest BCUT2D eigenvalue weighted by molar-refractivity contribution is 5.31. The van der Waals surface area contributed by atoms with Crippen LogP contribution < -0.4 is 4.74 Å². The normalized spacial score (nSPS) is 22.9. The third-order valence-corrected chi connectivity index (χ3v) is 5.46. The molecule has 2 aliphatic rings. The highest BCUT2D eigenvalue weighted by atomic mass is 19.3. The topological polar surface area (TPSA) is 27.7 Å². The molecule has 0 amide bonds. The maximum absolute atomic E-state index is 14.4. The van der Waals surface area contributed by atoms with Crippen LogP contribution in [-0.4, -0.2) is 13.2 Å². The summed E-state index contributed by atoms with van der Waals surface area (Å²) in [6.45, 7) is 1.01. The zero-order chi connectivity index (χ0) is 20.6. The van der Waals surface area contributed by atoms with Crippen LogP contribution in [0.5, 0.6) is 5.75 Å². The third-order valence-electron chi connectivity index (χ3n) is 5.46. The molecule has 1 heterocycles. The number of ether oxygens (including phenoxy) is 3. The van der Waals surface area contributed by atoms with Gasteiger partial charge in [0, 0.05) is 11.5 Å². The van der Waals surface area contributed by atoms with E-state index in [-0.39, 0.29) is 0 Å². The van der Waals surface area contributed by atoms with E-state index in [1.807, 2.05) is 0 Å². The summed E-state index contributed by atoms with van der Waals surface area (Å²) in [4.78, 5) is 0. The van der Waals surface area contributed by atoms with E-state index in [1.54, 1.807) is 0 Å². The fourth-order valence-corrected chi connectivity index (χ4v) is 3.51. The molecule has 1 aliphatic heterocycles. The summed E-state index contributed by atoms with van der Waals surface area (Å²) in [7, 11) is 0. The van der Waals surface area contributed by atoms with Crippen LogP contribution in [0, 0.1) is 29.3 Å². The fourth-order valence-electron chi connectivity index (χ4n) is 3.51. The summed E-state index contributed by atoms with van der Waals surface area (Å²) in [5.74, 6) is -3.57. The van der Waals surface area contributed by atoms with Gasteiger partial charge in [-0.05, 0) is 36.2 Å². The second kappa shape index (κ2) is 7.91. The van der Waals surface area contributed by atoms with Gasteiger partial charge in [0.2, 0.25) is 0 Å². The molecular formula is C21H19F5O3. The van der Waals surface area contributed by atoms with E-state index in [9.17, 15) is 22.0 Å². The lowest BCUT2D eigenvalue weighted by Gasteiger charge is -2.38. The van der Waals surface area contributed by atoms with Crippen molar-refractivity contribution in [3.8, 4) is 5.75 Å². The SMILES string of the molecule is Fc1ccc(C(F)(F)Oc2ccc(C3OCC(C4CCC4)CO3)cc2F)cc1F. The molecule has 1 saturated heterocycles. The molecule has 2 aromatic carbocycles. The number of rotatable bonds is 5. The van der Waals surface area contributed by atoms with Gasteiger partial charge in [-0.3, -0.25) is 0 Å². The van der Waals surface area contributed by atoms with Crippen molar-refractivity contribution in [2.75, 3.05) is 13.2 Å². The molecular weight excluding hydrogens is 395 g/mol. The second-order valence-electron chi connectivity index (χ2n) is 7.39. The van der Waals surface area contributed by atoms with Crippen molar-refractivity contribution in [2.45, 2.75) is 31.7 Å². The summed E-state index contributed by atoms with van der Waals surface area (Å²) in [5.41, 5.74) is -0.584. The fraction of sp³-hybridized carbons (Fsp3) is 0.429. The second-order valence-corrected chi connectivity index (χ2v) is 7.39. The third kappa shape index (κ3) is 4.23. The quantitative estimate of drug-likeness (QED) is 0.588. The Bertz CT molecular complexity index is 877. The zero-order valence-electron chi connectivity index (χ0n) is 15.3. The van der Waals surface area contributed by atoms with Crippen LogP contribution in [0.1, 0.15) is 36.7 Å². The van der Waals surface area contributed by atoms with Crippen molar-refractivity contribution in [3.05, 3.63) is 65.0 Å². The number of alkyl halides is 2. The highest BCUT2D eigenvalue weighted by Gasteiger charge is 2.37. The van der Waals surface area contributed by atoms with E-state index in [0.717, 1.165) is 25.0 Å². The van der Waals surface area contributed by atoms with Gasteiger partial charge in [-0.15, -0.1) is 0 Å². The van der Waals surface area contributed by atoms with Crippen molar-refractivity contribution in [2.24, 2.45) is 11.8 Å². The van der Waals surface area contributed by atoms with E-state index in [1.165, 1.54) is 12.5 Å². The van der Waals surface area contributed by atoms with Crippen LogP contribution in [0.4, 0.5) is 22.0 Å². The molecule has 1 saturated carbocycles. The maximum atomic E-state index is 14.4. The van der Waals surface area contributed by atoms with Gasteiger partial charge in [0.1, 0.15) is 0 Å². The van der Waals surface area contributed by atoms with Crippen molar-refractivity contribution in [1.29, 1.82) is 0 Å². The Hall–Kier alpha value is -2.19. The molecule has 0 aromatic heterocycles. The lowest BCUT2D eigenvalue weighted by molar-refractivity contribution is -0.217. The molecule has 8 heteroatoms. The van der Waals surface area contributed by atoms with Crippen LogP contribution in [0.25, 0.3) is 0 Å². The van der Waals surface area contributed by atoms with Crippen molar-refractivity contribution < 1.29 is 36.2 Å². The van der Waals surface area contributed by atoms with Crippen LogP contribution in [0.2, 0.25) is 0 Å². The van der Waals surface area contributed by atoms with E-state index >= 15 is 0 Å². The maximum Gasteiger partial charge on any atom is 0.426 e. The Labute approximate surface area is 164 Å². The summed E-state index contributed by atoms with van der Waals surface area (Å²) in [6, 6.07) is 4.94. The van der Waals surface area contributed by atoms with E-state index in [0.29, 0.717) is 48.8 Å². The molecule has 2 aromatic rings. The molecule has 0 radical (unpaired) electrons. The van der Waals surface area contributed by atoms with Crippen LogP contribution in [-0.2, 0) is 15.6 Å². The van der Waals surface area contributed by atoms with E-state index in [4.69, 9.17) is 9.47 Å². The number of halogens is 5. The van der Waals surface area contributed by atoms with Crippen LogP contribution in [0.15, 0.2) is 36.4 Å². The highest BCUT2D eigenvalue weighted by Crippen LogP contribution is 2.39. The number of hydrogen-bond acceptors (Lipinski definition) is 3. The molecule has 1 aliphatic carbocycles. The van der Waals surface area contributed by atoms with E-state index in [2.05, 4.69) is 4.74 Å². The minimum absolute atomic E-state index is 0.309. The summed E-state index contributed by atoms with van der Waals surface area (Å²) in [5, 5.41) is 0. The first kappa shape index (κ1) is 20.1. The minimum atomic E-state index is -4.05. The Balaban J connectivity index is 1.43. The average Bonchev–Trinajstić information content (AvgIpc) is 2.65. The molecule has 3 nitrogen and oxygen atoms in total. The molecule has 0 N–H and O–H groups in total. The molecule has 2 fully saturated rings. The van der Waals surface area contributed by atoms with Gasteiger partial charge in [-0.2, -0.15) is 8.78 Å². The van der Waals surface area contributed by atoms with Crippen molar-refractivity contribution >= 4 is 0 Å². The van der Waals surface area contributed by atoms with Gasteiger partial charge < -0.3 is 14.2 Å². The molecule has 4 rings (SSSR count). The minimum Gasteiger partial charge on any atom is -0.426 e. The summed E-state index contributed by atoms with van der Waals surface area (Å²) >= 11 is 0. The van der Waals surface area contributed by atoms with E-state index < -0.39 is 41.2 Å². The lowest BCUT2D eigenvalue weighted by Crippen LogP contribution is -2.35. The first-order chi connectivity index (χ1) is 13.8. The largest absolute Gasteiger partial charge is 0.426 e.